The standard InChI is InChI=1S/C9H14O3/c1-4-5-6-12-9(10)7-8(2)11-3/h4-5,7H,6H2,1-3H3/b5-4+,8-7+. The summed E-state index contributed by atoms with van der Waals surface area (Å²) < 4.78 is 9.54. The van der Waals surface area contributed by atoms with Crippen LogP contribution in [0.1, 0.15) is 13.8 Å². The fourth-order valence-electron chi connectivity index (χ4n) is 0.493. The quantitative estimate of drug-likeness (QED) is 0.278. The van der Waals surface area contributed by atoms with E-state index in [1.54, 1.807) is 13.0 Å². The number of carbonyl (C=O) groups excluding carboxylic acids is 1. The Morgan fingerprint density at radius 2 is 2.17 bits per heavy atom. The van der Waals surface area contributed by atoms with Crippen molar-refractivity contribution in [3.8, 4) is 0 Å². The van der Waals surface area contributed by atoms with E-state index >= 15 is 0 Å². The first-order valence-electron chi connectivity index (χ1n) is 3.71. The van der Waals surface area contributed by atoms with Gasteiger partial charge >= 0.3 is 5.97 Å². The van der Waals surface area contributed by atoms with Crippen LogP contribution in [0.25, 0.3) is 0 Å². The summed E-state index contributed by atoms with van der Waals surface area (Å²) in [5.74, 6) is 0.160. The zero-order valence-electron chi connectivity index (χ0n) is 7.66. The highest BCUT2D eigenvalue weighted by Crippen LogP contribution is 1.93. The van der Waals surface area contributed by atoms with Gasteiger partial charge in [-0.25, -0.2) is 4.79 Å². The van der Waals surface area contributed by atoms with Crippen molar-refractivity contribution in [3.05, 3.63) is 24.0 Å². The Bertz CT molecular complexity index is 192. The van der Waals surface area contributed by atoms with E-state index in [9.17, 15) is 4.79 Å². The van der Waals surface area contributed by atoms with E-state index in [1.807, 2.05) is 13.0 Å². The van der Waals surface area contributed by atoms with Crippen molar-refractivity contribution in [2.75, 3.05) is 13.7 Å². The van der Waals surface area contributed by atoms with Crippen molar-refractivity contribution >= 4 is 5.97 Å². The molecule has 68 valence electrons. The fraction of sp³-hybridized carbons (Fsp3) is 0.444. The Morgan fingerprint density at radius 3 is 2.67 bits per heavy atom. The molecular weight excluding hydrogens is 156 g/mol. The van der Waals surface area contributed by atoms with Crippen LogP contribution in [-0.2, 0) is 14.3 Å². The topological polar surface area (TPSA) is 35.5 Å². The van der Waals surface area contributed by atoms with Crippen molar-refractivity contribution in [1.82, 2.24) is 0 Å². The third kappa shape index (κ3) is 5.53. The molecule has 0 unspecified atom stereocenters. The van der Waals surface area contributed by atoms with Crippen molar-refractivity contribution < 1.29 is 14.3 Å². The van der Waals surface area contributed by atoms with Crippen LogP contribution in [0.3, 0.4) is 0 Å². The molecule has 0 aromatic rings. The molecule has 0 bridgehead atoms. The highest BCUT2D eigenvalue weighted by Gasteiger charge is 1.96. The van der Waals surface area contributed by atoms with E-state index in [2.05, 4.69) is 0 Å². The molecule has 3 nitrogen and oxygen atoms in total. The van der Waals surface area contributed by atoms with Crippen LogP contribution in [0, 0.1) is 0 Å². The molecule has 0 aliphatic carbocycles. The molecule has 0 saturated heterocycles. The molecule has 0 heterocycles. The third-order valence-electron chi connectivity index (χ3n) is 1.20. The normalized spacial score (nSPS) is 11.8. The van der Waals surface area contributed by atoms with E-state index in [1.165, 1.54) is 13.2 Å². The fourth-order valence-corrected chi connectivity index (χ4v) is 0.493. The summed E-state index contributed by atoms with van der Waals surface area (Å²) in [6.45, 7) is 3.86. The predicted molar refractivity (Wildman–Crippen MR) is 46.5 cm³/mol. The van der Waals surface area contributed by atoms with E-state index in [-0.39, 0.29) is 5.97 Å². The maximum Gasteiger partial charge on any atom is 0.334 e. The molecule has 12 heavy (non-hydrogen) atoms. The lowest BCUT2D eigenvalue weighted by molar-refractivity contribution is -0.136. The third-order valence-corrected chi connectivity index (χ3v) is 1.20. The maximum absolute atomic E-state index is 10.9. The van der Waals surface area contributed by atoms with Crippen LogP contribution in [0.15, 0.2) is 24.0 Å². The number of hydrogen-bond donors (Lipinski definition) is 0. The summed E-state index contributed by atoms with van der Waals surface area (Å²) in [7, 11) is 1.51. The molecule has 0 amide bonds. The number of rotatable bonds is 4. The van der Waals surface area contributed by atoms with E-state index in [0.29, 0.717) is 12.4 Å². The molecular formula is C9H14O3. The molecule has 0 saturated carbocycles. The first kappa shape index (κ1) is 10.8. The van der Waals surface area contributed by atoms with Gasteiger partial charge in [0.15, 0.2) is 0 Å². The lowest BCUT2D eigenvalue weighted by Crippen LogP contribution is -2.01. The van der Waals surface area contributed by atoms with Crippen molar-refractivity contribution in [2.24, 2.45) is 0 Å². The number of methoxy groups -OCH3 is 1. The number of hydrogen-bond acceptors (Lipinski definition) is 3. The molecule has 0 spiro atoms. The highest BCUT2D eigenvalue weighted by atomic mass is 16.5. The second kappa shape index (κ2) is 6.46. The second-order valence-electron chi connectivity index (χ2n) is 2.16. The largest absolute Gasteiger partial charge is 0.501 e. The van der Waals surface area contributed by atoms with Gasteiger partial charge in [0, 0.05) is 0 Å². The lowest BCUT2D eigenvalue weighted by Gasteiger charge is -1.98. The van der Waals surface area contributed by atoms with Gasteiger partial charge in [-0.15, -0.1) is 0 Å². The monoisotopic (exact) mass is 170 g/mol. The van der Waals surface area contributed by atoms with Crippen LogP contribution in [0.5, 0.6) is 0 Å². The minimum absolute atomic E-state index is 0.308. The molecule has 0 rings (SSSR count). The van der Waals surface area contributed by atoms with Crippen LogP contribution >= 0.6 is 0 Å². The number of ether oxygens (including phenoxy) is 2. The van der Waals surface area contributed by atoms with Gasteiger partial charge < -0.3 is 9.47 Å². The second-order valence-corrected chi connectivity index (χ2v) is 2.16. The molecule has 0 atom stereocenters. The van der Waals surface area contributed by atoms with Gasteiger partial charge in [-0.3, -0.25) is 0 Å². The Labute approximate surface area is 72.7 Å². The molecule has 3 heteroatoms. The zero-order valence-corrected chi connectivity index (χ0v) is 7.66. The average molecular weight is 170 g/mol. The smallest absolute Gasteiger partial charge is 0.334 e. The van der Waals surface area contributed by atoms with E-state index in [4.69, 9.17) is 9.47 Å². The highest BCUT2D eigenvalue weighted by molar-refractivity contribution is 5.82. The van der Waals surface area contributed by atoms with Crippen molar-refractivity contribution in [1.29, 1.82) is 0 Å². The van der Waals surface area contributed by atoms with Crippen LogP contribution < -0.4 is 0 Å². The summed E-state index contributed by atoms with van der Waals surface area (Å²) in [6, 6.07) is 0. The Balaban J connectivity index is 3.74. The molecule has 0 aromatic heterocycles. The minimum atomic E-state index is -0.382. The van der Waals surface area contributed by atoms with Gasteiger partial charge in [0.1, 0.15) is 6.61 Å². The molecule has 0 fully saturated rings. The first-order chi connectivity index (χ1) is 5.70. The van der Waals surface area contributed by atoms with Crippen LogP contribution in [0.2, 0.25) is 0 Å². The molecule has 0 radical (unpaired) electrons. The SMILES string of the molecule is C/C=C/COC(=O)/C=C(\C)OC. The minimum Gasteiger partial charge on any atom is -0.501 e. The molecule has 0 aliphatic heterocycles. The zero-order chi connectivity index (χ0) is 9.40. The van der Waals surface area contributed by atoms with Crippen molar-refractivity contribution in [3.63, 3.8) is 0 Å². The van der Waals surface area contributed by atoms with Gasteiger partial charge in [-0.2, -0.15) is 0 Å². The van der Waals surface area contributed by atoms with Gasteiger partial charge in [0.2, 0.25) is 0 Å². The van der Waals surface area contributed by atoms with Gasteiger partial charge in [-0.1, -0.05) is 12.2 Å². The first-order valence-corrected chi connectivity index (χ1v) is 3.71. The van der Waals surface area contributed by atoms with Gasteiger partial charge in [-0.05, 0) is 13.8 Å². The Hall–Kier alpha value is -1.25. The maximum atomic E-state index is 10.9. The van der Waals surface area contributed by atoms with Crippen LogP contribution in [-0.4, -0.2) is 19.7 Å². The Morgan fingerprint density at radius 1 is 1.50 bits per heavy atom. The number of carbonyl (C=O) groups is 1. The lowest BCUT2D eigenvalue weighted by atomic mass is 10.5. The average Bonchev–Trinajstić information content (AvgIpc) is 2.05. The summed E-state index contributed by atoms with van der Waals surface area (Å²) >= 11 is 0. The molecule has 0 aliphatic rings. The molecule has 0 aromatic carbocycles. The predicted octanol–water partition coefficient (Wildman–Crippen LogP) is 1.66. The summed E-state index contributed by atoms with van der Waals surface area (Å²) in [6.07, 6.45) is 4.89. The summed E-state index contributed by atoms with van der Waals surface area (Å²) in [4.78, 5) is 10.9. The summed E-state index contributed by atoms with van der Waals surface area (Å²) in [5, 5.41) is 0. The van der Waals surface area contributed by atoms with Gasteiger partial charge in [0.25, 0.3) is 0 Å². The Kier molecular flexibility index (Phi) is 5.79. The number of allylic oxidation sites excluding steroid dienone is 2. The van der Waals surface area contributed by atoms with E-state index in [0.717, 1.165) is 0 Å². The number of esters is 1. The molecule has 0 N–H and O–H groups in total. The van der Waals surface area contributed by atoms with Crippen molar-refractivity contribution in [2.45, 2.75) is 13.8 Å². The van der Waals surface area contributed by atoms with E-state index < -0.39 is 0 Å². The van der Waals surface area contributed by atoms with Gasteiger partial charge in [0.05, 0.1) is 18.9 Å². The summed E-state index contributed by atoms with van der Waals surface area (Å²) in [5.41, 5.74) is 0. The van der Waals surface area contributed by atoms with Crippen LogP contribution in [0.4, 0.5) is 0 Å².